The van der Waals surface area contributed by atoms with Crippen molar-refractivity contribution in [3.05, 3.63) is 0 Å². The third-order valence-electron chi connectivity index (χ3n) is 2.19. The first kappa shape index (κ1) is 10.0. The van der Waals surface area contributed by atoms with Crippen LogP contribution in [-0.4, -0.2) is 37.7 Å². The molecule has 0 atom stereocenters. The highest BCUT2D eigenvalue weighted by Crippen LogP contribution is 2.04. The highest BCUT2D eigenvalue weighted by Gasteiger charge is 2.08. The Balaban J connectivity index is 2.20. The van der Waals surface area contributed by atoms with Gasteiger partial charge in [-0.05, 0) is 25.3 Å². The van der Waals surface area contributed by atoms with Gasteiger partial charge in [0.15, 0.2) is 0 Å². The fourth-order valence-corrected chi connectivity index (χ4v) is 1.65. The van der Waals surface area contributed by atoms with Gasteiger partial charge < -0.3 is 9.64 Å². The van der Waals surface area contributed by atoms with Gasteiger partial charge in [-0.25, -0.2) is 0 Å². The van der Waals surface area contributed by atoms with Crippen LogP contribution in [0, 0.1) is 5.92 Å². The van der Waals surface area contributed by atoms with Gasteiger partial charge in [0.25, 0.3) is 0 Å². The first-order valence-corrected chi connectivity index (χ1v) is 5.09. The minimum absolute atomic E-state index is 0.782. The van der Waals surface area contributed by atoms with E-state index in [9.17, 15) is 0 Å². The smallest absolute Gasteiger partial charge is 0.0593 e. The van der Waals surface area contributed by atoms with E-state index in [0.29, 0.717) is 0 Å². The lowest BCUT2D eigenvalue weighted by atomic mass is 10.2. The molecule has 1 fully saturated rings. The van der Waals surface area contributed by atoms with E-state index in [-0.39, 0.29) is 0 Å². The van der Waals surface area contributed by atoms with Crippen LogP contribution >= 0.6 is 0 Å². The highest BCUT2D eigenvalue weighted by atomic mass is 16.5. The molecule has 0 saturated carbocycles. The second-order valence-electron chi connectivity index (χ2n) is 4.01. The van der Waals surface area contributed by atoms with Gasteiger partial charge in [0.1, 0.15) is 0 Å². The number of hydrogen-bond acceptors (Lipinski definition) is 2. The molecule has 1 saturated heterocycles. The molecule has 1 heterocycles. The lowest BCUT2D eigenvalue weighted by Crippen LogP contribution is -2.33. The van der Waals surface area contributed by atoms with Crippen LogP contribution in [0.5, 0.6) is 0 Å². The third-order valence-corrected chi connectivity index (χ3v) is 2.19. The van der Waals surface area contributed by atoms with Crippen molar-refractivity contribution in [1.82, 2.24) is 4.90 Å². The quantitative estimate of drug-likeness (QED) is 0.627. The van der Waals surface area contributed by atoms with Crippen LogP contribution in [0.3, 0.4) is 0 Å². The van der Waals surface area contributed by atoms with E-state index >= 15 is 0 Å². The average Bonchev–Trinajstić information content (AvgIpc) is 1.93. The van der Waals surface area contributed by atoms with Gasteiger partial charge in [0, 0.05) is 19.7 Å². The topological polar surface area (TPSA) is 12.5 Å². The van der Waals surface area contributed by atoms with E-state index in [1.54, 1.807) is 0 Å². The molecule has 0 radical (unpaired) electrons. The Morgan fingerprint density at radius 3 is 2.75 bits per heavy atom. The second-order valence-corrected chi connectivity index (χ2v) is 4.01. The Morgan fingerprint density at radius 1 is 1.17 bits per heavy atom. The zero-order valence-electron chi connectivity index (χ0n) is 8.38. The normalized spacial score (nSPS) is 22.2. The largest absolute Gasteiger partial charge is 0.380 e. The molecular weight excluding hydrogens is 150 g/mol. The molecule has 2 heteroatoms. The molecular formula is C10H21NO. The second kappa shape index (κ2) is 5.55. The predicted molar refractivity (Wildman–Crippen MR) is 51.3 cm³/mol. The molecule has 0 aromatic rings. The van der Waals surface area contributed by atoms with Crippen LogP contribution in [-0.2, 0) is 4.74 Å². The summed E-state index contributed by atoms with van der Waals surface area (Å²) in [7, 11) is 0. The molecule has 0 aromatic carbocycles. The third kappa shape index (κ3) is 4.07. The lowest BCUT2D eigenvalue weighted by Gasteiger charge is -2.25. The predicted octanol–water partition coefficient (Wildman–Crippen LogP) is 1.75. The standard InChI is InChI=1S/C10H21NO/c1-10(2)9-11-5-3-4-7-12-8-6-11/h10H,3-9H2,1-2H3. The van der Waals surface area contributed by atoms with Crippen molar-refractivity contribution in [1.29, 1.82) is 0 Å². The minimum Gasteiger partial charge on any atom is -0.380 e. The zero-order valence-corrected chi connectivity index (χ0v) is 8.38. The number of nitrogens with zero attached hydrogens (tertiary/aromatic N) is 1. The van der Waals surface area contributed by atoms with E-state index in [1.165, 1.54) is 25.9 Å². The van der Waals surface area contributed by atoms with Crippen LogP contribution in [0.2, 0.25) is 0 Å². The Morgan fingerprint density at radius 2 is 2.00 bits per heavy atom. The Hall–Kier alpha value is -0.0800. The van der Waals surface area contributed by atoms with Crippen molar-refractivity contribution < 1.29 is 4.74 Å². The summed E-state index contributed by atoms with van der Waals surface area (Å²) in [5.41, 5.74) is 0. The molecule has 0 spiro atoms. The summed E-state index contributed by atoms with van der Waals surface area (Å²) >= 11 is 0. The van der Waals surface area contributed by atoms with E-state index in [4.69, 9.17) is 4.74 Å². The van der Waals surface area contributed by atoms with E-state index in [2.05, 4.69) is 18.7 Å². The van der Waals surface area contributed by atoms with E-state index in [0.717, 1.165) is 25.7 Å². The maximum Gasteiger partial charge on any atom is 0.0593 e. The monoisotopic (exact) mass is 171 g/mol. The summed E-state index contributed by atoms with van der Waals surface area (Å²) in [5, 5.41) is 0. The number of rotatable bonds is 2. The molecule has 0 aromatic heterocycles. The van der Waals surface area contributed by atoms with Crippen molar-refractivity contribution >= 4 is 0 Å². The Labute approximate surface area is 75.9 Å². The zero-order chi connectivity index (χ0) is 8.81. The SMILES string of the molecule is CC(C)CN1CCCCOCC1. The maximum absolute atomic E-state index is 5.44. The molecule has 1 aliphatic heterocycles. The van der Waals surface area contributed by atoms with Crippen molar-refractivity contribution in [2.24, 2.45) is 5.92 Å². The Kier molecular flexibility index (Phi) is 4.62. The maximum atomic E-state index is 5.44. The molecule has 0 bridgehead atoms. The van der Waals surface area contributed by atoms with E-state index in [1.807, 2.05) is 0 Å². The number of hydrogen-bond donors (Lipinski definition) is 0. The van der Waals surface area contributed by atoms with Crippen LogP contribution in [0.1, 0.15) is 26.7 Å². The molecule has 72 valence electrons. The summed E-state index contributed by atoms with van der Waals surface area (Å²) in [6.45, 7) is 10.1. The Bertz CT molecular complexity index is 106. The summed E-state index contributed by atoms with van der Waals surface area (Å²) in [6.07, 6.45) is 2.53. The molecule has 1 aliphatic rings. The molecule has 0 N–H and O–H groups in total. The number of ether oxygens (including phenoxy) is 1. The highest BCUT2D eigenvalue weighted by molar-refractivity contribution is 4.62. The summed E-state index contributed by atoms with van der Waals surface area (Å²) < 4.78 is 5.44. The van der Waals surface area contributed by atoms with Crippen molar-refractivity contribution in [3.8, 4) is 0 Å². The minimum atomic E-state index is 0.782. The summed E-state index contributed by atoms with van der Waals surface area (Å²) in [6, 6.07) is 0. The van der Waals surface area contributed by atoms with Gasteiger partial charge in [0.05, 0.1) is 6.61 Å². The van der Waals surface area contributed by atoms with Gasteiger partial charge in [-0.1, -0.05) is 13.8 Å². The van der Waals surface area contributed by atoms with Gasteiger partial charge in [-0.3, -0.25) is 0 Å². The average molecular weight is 171 g/mol. The van der Waals surface area contributed by atoms with Crippen molar-refractivity contribution in [2.45, 2.75) is 26.7 Å². The van der Waals surface area contributed by atoms with Crippen LogP contribution in [0.4, 0.5) is 0 Å². The van der Waals surface area contributed by atoms with Gasteiger partial charge >= 0.3 is 0 Å². The fourth-order valence-electron chi connectivity index (χ4n) is 1.65. The van der Waals surface area contributed by atoms with Crippen LogP contribution in [0.15, 0.2) is 0 Å². The molecule has 0 amide bonds. The van der Waals surface area contributed by atoms with Crippen molar-refractivity contribution in [2.75, 3.05) is 32.8 Å². The summed E-state index contributed by atoms with van der Waals surface area (Å²) in [5.74, 6) is 0.782. The van der Waals surface area contributed by atoms with Crippen LogP contribution < -0.4 is 0 Å². The molecule has 0 aliphatic carbocycles. The molecule has 0 unspecified atom stereocenters. The van der Waals surface area contributed by atoms with Gasteiger partial charge in [0.2, 0.25) is 0 Å². The van der Waals surface area contributed by atoms with Crippen LogP contribution in [0.25, 0.3) is 0 Å². The fraction of sp³-hybridized carbons (Fsp3) is 1.00. The van der Waals surface area contributed by atoms with Gasteiger partial charge in [-0.15, -0.1) is 0 Å². The first-order valence-electron chi connectivity index (χ1n) is 5.09. The molecule has 2 nitrogen and oxygen atoms in total. The lowest BCUT2D eigenvalue weighted by molar-refractivity contribution is 0.0764. The molecule has 1 rings (SSSR count). The first-order chi connectivity index (χ1) is 5.79. The molecule has 12 heavy (non-hydrogen) atoms. The van der Waals surface area contributed by atoms with E-state index < -0.39 is 0 Å². The summed E-state index contributed by atoms with van der Waals surface area (Å²) in [4.78, 5) is 2.52. The van der Waals surface area contributed by atoms with Gasteiger partial charge in [-0.2, -0.15) is 0 Å². The van der Waals surface area contributed by atoms with Crippen molar-refractivity contribution in [3.63, 3.8) is 0 Å².